The molecule has 0 saturated heterocycles. The first-order valence-electron chi connectivity index (χ1n) is 6.48. The second-order valence-electron chi connectivity index (χ2n) is 4.74. The van der Waals surface area contributed by atoms with Gasteiger partial charge in [0.15, 0.2) is 0 Å². The topological polar surface area (TPSA) is 84.6 Å². The monoisotopic (exact) mass is 266 g/mol. The van der Waals surface area contributed by atoms with Crippen LogP contribution in [0.3, 0.4) is 0 Å². The largest absolute Gasteiger partial charge is 0.387 e. The molecule has 0 spiro atoms. The van der Waals surface area contributed by atoms with Crippen LogP contribution in [0.5, 0.6) is 0 Å². The molecule has 2 N–H and O–H groups in total. The zero-order valence-corrected chi connectivity index (χ0v) is 10.6. The highest BCUT2D eigenvalue weighted by Crippen LogP contribution is 2.20. The van der Waals surface area contributed by atoms with Gasteiger partial charge in [0.25, 0.3) is 5.69 Å². The Labute approximate surface area is 111 Å². The van der Waals surface area contributed by atoms with E-state index in [1.807, 2.05) is 0 Å². The van der Waals surface area contributed by atoms with Gasteiger partial charge in [-0.1, -0.05) is 12.8 Å². The number of rotatable bonds is 6. The highest BCUT2D eigenvalue weighted by atomic mass is 16.7. The van der Waals surface area contributed by atoms with Crippen molar-refractivity contribution in [3.8, 4) is 0 Å². The molecule has 2 rings (SSSR count). The number of nitro benzene ring substituents is 1. The van der Waals surface area contributed by atoms with Crippen molar-refractivity contribution < 1.29 is 14.9 Å². The molecule has 6 nitrogen and oxygen atoms in total. The lowest BCUT2D eigenvalue weighted by Crippen LogP contribution is -2.26. The first-order valence-corrected chi connectivity index (χ1v) is 6.48. The average molecular weight is 266 g/mol. The predicted octanol–water partition coefficient (Wildman–Crippen LogP) is 2.09. The normalized spacial score (nSPS) is 17.5. The maximum absolute atomic E-state index is 10.5. The molecule has 19 heavy (non-hydrogen) atoms. The molecule has 1 unspecified atom stereocenters. The summed E-state index contributed by atoms with van der Waals surface area (Å²) in [4.78, 5) is 15.5. The number of nitro groups is 1. The highest BCUT2D eigenvalue weighted by molar-refractivity contribution is 5.33. The molecule has 104 valence electrons. The van der Waals surface area contributed by atoms with E-state index in [4.69, 9.17) is 4.84 Å². The summed E-state index contributed by atoms with van der Waals surface area (Å²) in [7, 11) is 0. The van der Waals surface area contributed by atoms with Crippen LogP contribution >= 0.6 is 0 Å². The molecule has 0 aromatic heterocycles. The van der Waals surface area contributed by atoms with Crippen molar-refractivity contribution in [3.63, 3.8) is 0 Å². The van der Waals surface area contributed by atoms with Crippen LogP contribution in [0.25, 0.3) is 0 Å². The van der Waals surface area contributed by atoms with Gasteiger partial charge in [-0.15, -0.1) is 0 Å². The predicted molar refractivity (Wildman–Crippen MR) is 69.4 cm³/mol. The van der Waals surface area contributed by atoms with Gasteiger partial charge in [-0.3, -0.25) is 15.0 Å². The molecule has 0 aliphatic heterocycles. The maximum Gasteiger partial charge on any atom is 0.269 e. The first-order chi connectivity index (χ1) is 9.16. The van der Waals surface area contributed by atoms with Crippen molar-refractivity contribution >= 4 is 5.69 Å². The number of hydroxylamine groups is 1. The Morgan fingerprint density at radius 2 is 2.00 bits per heavy atom. The second-order valence-corrected chi connectivity index (χ2v) is 4.74. The molecule has 1 atom stereocenters. The average Bonchev–Trinajstić information content (AvgIpc) is 2.92. The Hall–Kier alpha value is -1.50. The molecule has 0 amide bonds. The summed E-state index contributed by atoms with van der Waals surface area (Å²) in [6, 6.07) is 5.88. The van der Waals surface area contributed by atoms with Crippen LogP contribution in [-0.2, 0) is 4.84 Å². The molecule has 1 aromatic carbocycles. The van der Waals surface area contributed by atoms with E-state index < -0.39 is 11.0 Å². The van der Waals surface area contributed by atoms with E-state index in [9.17, 15) is 15.2 Å². The van der Waals surface area contributed by atoms with Crippen molar-refractivity contribution in [2.24, 2.45) is 0 Å². The van der Waals surface area contributed by atoms with Gasteiger partial charge in [-0.2, -0.15) is 5.48 Å². The van der Waals surface area contributed by atoms with Crippen molar-refractivity contribution in [2.75, 3.05) is 6.54 Å². The highest BCUT2D eigenvalue weighted by Gasteiger charge is 2.16. The van der Waals surface area contributed by atoms with Crippen LogP contribution in [-0.4, -0.2) is 22.7 Å². The fourth-order valence-electron chi connectivity index (χ4n) is 2.19. The molecule has 0 heterocycles. The fourth-order valence-corrected chi connectivity index (χ4v) is 2.19. The molecule has 6 heteroatoms. The van der Waals surface area contributed by atoms with Crippen molar-refractivity contribution in [3.05, 3.63) is 39.9 Å². The third-order valence-corrected chi connectivity index (χ3v) is 3.32. The Morgan fingerprint density at radius 3 is 2.58 bits per heavy atom. The van der Waals surface area contributed by atoms with Crippen molar-refractivity contribution in [2.45, 2.75) is 37.9 Å². The molecule has 1 aliphatic rings. The SMILES string of the molecule is O=[N+]([O-])c1ccc(C(O)CNOC2CCCC2)cc1. The van der Waals surface area contributed by atoms with Crippen LogP contribution in [0.2, 0.25) is 0 Å². The lowest BCUT2D eigenvalue weighted by Gasteiger charge is -2.15. The van der Waals surface area contributed by atoms with E-state index in [0.717, 1.165) is 12.8 Å². The van der Waals surface area contributed by atoms with Crippen molar-refractivity contribution in [1.29, 1.82) is 0 Å². The smallest absolute Gasteiger partial charge is 0.269 e. The quantitative estimate of drug-likeness (QED) is 0.608. The van der Waals surface area contributed by atoms with Gasteiger partial charge < -0.3 is 5.11 Å². The summed E-state index contributed by atoms with van der Waals surface area (Å²) in [6.45, 7) is 0.272. The lowest BCUT2D eigenvalue weighted by molar-refractivity contribution is -0.384. The fraction of sp³-hybridized carbons (Fsp3) is 0.538. The van der Waals surface area contributed by atoms with Gasteiger partial charge in [-0.05, 0) is 30.5 Å². The van der Waals surface area contributed by atoms with Gasteiger partial charge >= 0.3 is 0 Å². The molecule has 0 bridgehead atoms. The number of nitrogens with zero attached hydrogens (tertiary/aromatic N) is 1. The third kappa shape index (κ3) is 3.99. The van der Waals surface area contributed by atoms with Crippen molar-refractivity contribution in [1.82, 2.24) is 5.48 Å². The maximum atomic E-state index is 10.5. The van der Waals surface area contributed by atoms with E-state index in [2.05, 4.69) is 5.48 Å². The molecule has 0 radical (unpaired) electrons. The summed E-state index contributed by atoms with van der Waals surface area (Å²) in [6.07, 6.45) is 4.00. The van der Waals surface area contributed by atoms with E-state index in [0.29, 0.717) is 5.56 Å². The van der Waals surface area contributed by atoms with Crippen LogP contribution in [0.15, 0.2) is 24.3 Å². The van der Waals surface area contributed by atoms with Gasteiger partial charge in [0.05, 0.1) is 23.7 Å². The summed E-state index contributed by atoms with van der Waals surface area (Å²) >= 11 is 0. The standard InChI is InChI=1S/C13H18N2O4/c16-13(9-14-19-12-3-1-2-4-12)10-5-7-11(8-6-10)15(17)18/h5-8,12-14,16H,1-4,9H2. The lowest BCUT2D eigenvalue weighted by atomic mass is 10.1. The number of aliphatic hydroxyl groups is 1. The summed E-state index contributed by atoms with van der Waals surface area (Å²) < 4.78 is 0. The van der Waals surface area contributed by atoms with E-state index in [1.165, 1.54) is 25.0 Å². The number of benzene rings is 1. The molecule has 1 aliphatic carbocycles. The molecule has 1 aromatic rings. The Balaban J connectivity index is 1.78. The van der Waals surface area contributed by atoms with Crippen LogP contribution in [0, 0.1) is 10.1 Å². The third-order valence-electron chi connectivity index (χ3n) is 3.32. The van der Waals surface area contributed by atoms with E-state index in [1.54, 1.807) is 12.1 Å². The van der Waals surface area contributed by atoms with Crippen LogP contribution < -0.4 is 5.48 Å². The van der Waals surface area contributed by atoms with Crippen LogP contribution in [0.1, 0.15) is 37.4 Å². The number of hydrogen-bond donors (Lipinski definition) is 2. The molecule has 1 fully saturated rings. The Bertz CT molecular complexity index is 415. The summed E-state index contributed by atoms with van der Waals surface area (Å²) in [5.74, 6) is 0. The zero-order valence-electron chi connectivity index (χ0n) is 10.6. The van der Waals surface area contributed by atoms with Gasteiger partial charge in [0, 0.05) is 12.1 Å². The van der Waals surface area contributed by atoms with E-state index >= 15 is 0 Å². The number of non-ortho nitro benzene ring substituents is 1. The minimum Gasteiger partial charge on any atom is -0.387 e. The molecule has 1 saturated carbocycles. The minimum atomic E-state index is -0.734. The summed E-state index contributed by atoms with van der Waals surface area (Å²) in [5, 5.41) is 20.4. The second kappa shape index (κ2) is 6.60. The zero-order chi connectivity index (χ0) is 13.7. The molecular formula is C13H18N2O4. The van der Waals surface area contributed by atoms with Gasteiger partial charge in [0.2, 0.25) is 0 Å². The number of hydrogen-bond acceptors (Lipinski definition) is 5. The number of aliphatic hydroxyl groups excluding tert-OH is 1. The Morgan fingerprint density at radius 1 is 1.37 bits per heavy atom. The number of nitrogens with one attached hydrogen (secondary N) is 1. The molecular weight excluding hydrogens is 248 g/mol. The van der Waals surface area contributed by atoms with Gasteiger partial charge in [0.1, 0.15) is 0 Å². The summed E-state index contributed by atoms with van der Waals surface area (Å²) in [5.41, 5.74) is 3.43. The van der Waals surface area contributed by atoms with Crippen LogP contribution in [0.4, 0.5) is 5.69 Å². The first kappa shape index (κ1) is 13.9. The minimum absolute atomic E-state index is 0.0196. The van der Waals surface area contributed by atoms with E-state index in [-0.39, 0.29) is 18.3 Å². The van der Waals surface area contributed by atoms with Gasteiger partial charge in [-0.25, -0.2) is 0 Å². The Kier molecular flexibility index (Phi) is 4.84.